The second-order valence-corrected chi connectivity index (χ2v) is 7.27. The molecule has 25 heavy (non-hydrogen) atoms. The number of aromatic amines is 1. The first-order chi connectivity index (χ1) is 11.8. The number of halogens is 1. The second kappa shape index (κ2) is 8.16. The monoisotopic (exact) mass is 362 g/mol. The number of benzene rings is 1. The number of hydrogen-bond acceptors (Lipinski definition) is 3. The molecule has 0 saturated carbocycles. The minimum atomic E-state index is -0.181. The molecule has 1 aromatic heterocycles. The number of nitrogens with zero attached hydrogens (tertiary/aromatic N) is 1. The summed E-state index contributed by atoms with van der Waals surface area (Å²) in [5.74, 6) is 0.201. The van der Waals surface area contributed by atoms with Crippen LogP contribution in [0.15, 0.2) is 30.3 Å². The van der Waals surface area contributed by atoms with Gasteiger partial charge in [0.15, 0.2) is 5.82 Å². The summed E-state index contributed by atoms with van der Waals surface area (Å²) in [6.07, 6.45) is 0.848. The van der Waals surface area contributed by atoms with Crippen molar-refractivity contribution in [2.45, 2.75) is 39.0 Å². The number of H-pyrrole nitrogens is 1. The summed E-state index contributed by atoms with van der Waals surface area (Å²) < 4.78 is 0. The molecule has 0 bridgehead atoms. The lowest BCUT2D eigenvalue weighted by Gasteiger charge is -2.14. The van der Waals surface area contributed by atoms with E-state index in [1.54, 1.807) is 24.3 Å². The molecule has 2 amide bonds. The molecule has 0 radical (unpaired) electrons. The van der Waals surface area contributed by atoms with Gasteiger partial charge < -0.3 is 10.6 Å². The Balaban J connectivity index is 1.71. The Labute approximate surface area is 152 Å². The lowest BCUT2D eigenvalue weighted by molar-refractivity contribution is -0.116. The van der Waals surface area contributed by atoms with E-state index < -0.39 is 0 Å². The third-order valence-electron chi connectivity index (χ3n) is 3.63. The first-order valence-electron chi connectivity index (χ1n) is 8.15. The summed E-state index contributed by atoms with van der Waals surface area (Å²) >= 11 is 5.79. The van der Waals surface area contributed by atoms with Crippen molar-refractivity contribution in [2.24, 2.45) is 0 Å². The molecule has 0 fully saturated rings. The van der Waals surface area contributed by atoms with Crippen molar-refractivity contribution < 1.29 is 9.59 Å². The fourth-order valence-electron chi connectivity index (χ4n) is 2.13. The average molecular weight is 363 g/mol. The predicted molar refractivity (Wildman–Crippen MR) is 98.9 cm³/mol. The van der Waals surface area contributed by atoms with E-state index in [4.69, 9.17) is 11.6 Å². The van der Waals surface area contributed by atoms with Crippen molar-refractivity contribution in [1.29, 1.82) is 0 Å². The van der Waals surface area contributed by atoms with E-state index in [0.717, 1.165) is 5.69 Å². The van der Waals surface area contributed by atoms with Crippen molar-refractivity contribution in [3.63, 3.8) is 0 Å². The molecule has 0 atom stereocenters. The van der Waals surface area contributed by atoms with Crippen LogP contribution in [0.3, 0.4) is 0 Å². The van der Waals surface area contributed by atoms with Crippen LogP contribution < -0.4 is 10.6 Å². The normalized spacial score (nSPS) is 11.2. The number of carbonyl (C=O) groups is 2. The van der Waals surface area contributed by atoms with Crippen LogP contribution >= 0.6 is 11.6 Å². The number of nitrogens with one attached hydrogen (secondary N) is 3. The second-order valence-electron chi connectivity index (χ2n) is 6.83. The molecular formula is C18H23ClN4O2. The first-order valence-corrected chi connectivity index (χ1v) is 8.53. The molecule has 2 rings (SSSR count). The van der Waals surface area contributed by atoms with Crippen LogP contribution in [0.2, 0.25) is 5.02 Å². The number of rotatable bonds is 6. The first kappa shape index (κ1) is 19.0. The number of hydrogen-bond donors (Lipinski definition) is 3. The van der Waals surface area contributed by atoms with E-state index in [1.165, 1.54) is 0 Å². The molecule has 6 nitrogen and oxygen atoms in total. The highest BCUT2D eigenvalue weighted by molar-refractivity contribution is 6.30. The van der Waals surface area contributed by atoms with Crippen LogP contribution in [0.4, 0.5) is 5.82 Å². The third-order valence-corrected chi connectivity index (χ3v) is 3.88. The van der Waals surface area contributed by atoms with Crippen molar-refractivity contribution in [3.05, 3.63) is 46.6 Å². The van der Waals surface area contributed by atoms with Gasteiger partial charge >= 0.3 is 0 Å². The molecule has 1 heterocycles. The lowest BCUT2D eigenvalue weighted by Crippen LogP contribution is -2.25. The maximum Gasteiger partial charge on any atom is 0.251 e. The van der Waals surface area contributed by atoms with E-state index in [2.05, 4.69) is 41.6 Å². The van der Waals surface area contributed by atoms with Gasteiger partial charge in [0.05, 0.1) is 0 Å². The molecule has 134 valence electrons. The zero-order valence-electron chi connectivity index (χ0n) is 14.6. The van der Waals surface area contributed by atoms with Gasteiger partial charge in [0.25, 0.3) is 5.91 Å². The lowest BCUT2D eigenvalue weighted by atomic mass is 9.92. The summed E-state index contributed by atoms with van der Waals surface area (Å²) in [5.41, 5.74) is 1.44. The molecule has 0 saturated heterocycles. The molecule has 1 aromatic carbocycles. The number of aromatic nitrogens is 2. The van der Waals surface area contributed by atoms with Crippen molar-refractivity contribution >= 4 is 29.2 Å². The summed E-state index contributed by atoms with van der Waals surface area (Å²) in [6.45, 7) is 6.61. The quantitative estimate of drug-likeness (QED) is 0.687. The Hall–Kier alpha value is -2.34. The van der Waals surface area contributed by atoms with E-state index in [1.807, 2.05) is 6.07 Å². The van der Waals surface area contributed by atoms with Gasteiger partial charge in [-0.15, -0.1) is 0 Å². The van der Waals surface area contributed by atoms with Crippen LogP contribution in [0.25, 0.3) is 0 Å². The molecule has 0 aliphatic heterocycles. The molecular weight excluding hydrogens is 340 g/mol. The maximum atomic E-state index is 11.9. The average Bonchev–Trinajstić information content (AvgIpc) is 3.00. The topological polar surface area (TPSA) is 86.9 Å². The van der Waals surface area contributed by atoms with Gasteiger partial charge in [0, 0.05) is 40.7 Å². The molecule has 0 aliphatic rings. The van der Waals surface area contributed by atoms with Gasteiger partial charge in [-0.2, -0.15) is 5.10 Å². The smallest absolute Gasteiger partial charge is 0.251 e. The zero-order valence-corrected chi connectivity index (χ0v) is 15.4. The zero-order chi connectivity index (χ0) is 18.4. The molecule has 3 N–H and O–H groups in total. The summed E-state index contributed by atoms with van der Waals surface area (Å²) in [7, 11) is 0. The van der Waals surface area contributed by atoms with Gasteiger partial charge in [0.1, 0.15) is 0 Å². The Morgan fingerprint density at radius 1 is 1.20 bits per heavy atom. The van der Waals surface area contributed by atoms with Gasteiger partial charge in [-0.25, -0.2) is 0 Å². The Morgan fingerprint density at radius 2 is 1.88 bits per heavy atom. The van der Waals surface area contributed by atoms with E-state index >= 15 is 0 Å². The molecule has 7 heteroatoms. The van der Waals surface area contributed by atoms with Crippen LogP contribution in [0.1, 0.15) is 49.7 Å². The number of carbonyl (C=O) groups excluding carboxylic acids is 2. The highest BCUT2D eigenvalue weighted by Gasteiger charge is 2.17. The highest BCUT2D eigenvalue weighted by atomic mass is 35.5. The van der Waals surface area contributed by atoms with Crippen LogP contribution in [-0.4, -0.2) is 28.6 Å². The van der Waals surface area contributed by atoms with Gasteiger partial charge in [0.2, 0.25) is 5.91 Å². The minimum absolute atomic E-state index is 0.0536. The number of amides is 2. The Bertz CT molecular complexity index is 732. The van der Waals surface area contributed by atoms with Gasteiger partial charge in [-0.3, -0.25) is 14.7 Å². The summed E-state index contributed by atoms with van der Waals surface area (Å²) in [5, 5.41) is 13.1. The number of anilines is 1. The molecule has 0 unspecified atom stereocenters. The Kier molecular flexibility index (Phi) is 6.20. The van der Waals surface area contributed by atoms with E-state index in [-0.39, 0.29) is 17.2 Å². The van der Waals surface area contributed by atoms with Crippen LogP contribution in [0, 0.1) is 0 Å². The fourth-order valence-corrected chi connectivity index (χ4v) is 2.26. The van der Waals surface area contributed by atoms with E-state index in [9.17, 15) is 9.59 Å². The van der Waals surface area contributed by atoms with Crippen LogP contribution in [-0.2, 0) is 10.2 Å². The SMILES string of the molecule is CC(C)(C)c1cc(NC(=O)CCCNC(=O)c2ccc(Cl)cc2)n[nH]1. The van der Waals surface area contributed by atoms with Gasteiger partial charge in [-0.05, 0) is 30.7 Å². The minimum Gasteiger partial charge on any atom is -0.352 e. The summed E-state index contributed by atoms with van der Waals surface area (Å²) in [6, 6.07) is 8.49. The van der Waals surface area contributed by atoms with E-state index in [0.29, 0.717) is 35.8 Å². The predicted octanol–water partition coefficient (Wildman–Crippen LogP) is 3.51. The van der Waals surface area contributed by atoms with Crippen molar-refractivity contribution in [1.82, 2.24) is 15.5 Å². The molecule has 0 spiro atoms. The van der Waals surface area contributed by atoms with Gasteiger partial charge in [-0.1, -0.05) is 32.4 Å². The largest absolute Gasteiger partial charge is 0.352 e. The molecule has 0 aliphatic carbocycles. The Morgan fingerprint density at radius 3 is 2.48 bits per heavy atom. The van der Waals surface area contributed by atoms with Crippen molar-refractivity contribution in [3.8, 4) is 0 Å². The molecule has 2 aromatic rings. The maximum absolute atomic E-state index is 11.9. The van der Waals surface area contributed by atoms with Crippen molar-refractivity contribution in [2.75, 3.05) is 11.9 Å². The van der Waals surface area contributed by atoms with Crippen LogP contribution in [0.5, 0.6) is 0 Å². The third kappa shape index (κ3) is 5.90. The fraction of sp³-hybridized carbons (Fsp3) is 0.389. The standard InChI is InChI=1S/C18H23ClN4O2/c1-18(2,3)14-11-15(23-22-14)21-16(24)5-4-10-20-17(25)12-6-8-13(19)9-7-12/h6-9,11H,4-5,10H2,1-3H3,(H,20,25)(H2,21,22,23,24). The summed E-state index contributed by atoms with van der Waals surface area (Å²) in [4.78, 5) is 23.9. The highest BCUT2D eigenvalue weighted by Crippen LogP contribution is 2.21.